The first-order valence-electron chi connectivity index (χ1n) is 5.45. The van der Waals surface area contributed by atoms with E-state index in [4.69, 9.17) is 24.4 Å². The number of ether oxygens (including phenoxy) is 3. The quantitative estimate of drug-likeness (QED) is 0.447. The number of methoxy groups -OCH3 is 1. The number of carboxylic acids is 1. The van der Waals surface area contributed by atoms with Crippen LogP contribution in [-0.4, -0.2) is 76.9 Å². The van der Waals surface area contributed by atoms with E-state index in [1.807, 2.05) is 0 Å². The molecule has 0 aromatic rings. The molecule has 1 rings (SSSR count). The Balaban J connectivity index is 2.79. The Morgan fingerprint density at radius 2 is 2.00 bits per heavy atom. The highest BCUT2D eigenvalue weighted by atomic mass is 16.7. The maximum atomic E-state index is 10.7. The van der Waals surface area contributed by atoms with Crippen LogP contribution in [0, 0.1) is 0 Å². The molecule has 0 aromatic heterocycles. The number of aliphatic hydroxyl groups is 3. The second-order valence-corrected chi connectivity index (χ2v) is 4.02. The van der Waals surface area contributed by atoms with Gasteiger partial charge < -0.3 is 34.6 Å². The first-order valence-corrected chi connectivity index (χ1v) is 5.45. The van der Waals surface area contributed by atoms with Crippen molar-refractivity contribution < 1.29 is 39.4 Å². The molecule has 1 aliphatic heterocycles. The van der Waals surface area contributed by atoms with Gasteiger partial charge in [0.05, 0.1) is 6.61 Å². The van der Waals surface area contributed by atoms with E-state index in [2.05, 4.69) is 0 Å². The van der Waals surface area contributed by atoms with Crippen molar-refractivity contribution >= 4 is 5.97 Å². The van der Waals surface area contributed by atoms with Crippen molar-refractivity contribution in [1.29, 1.82) is 0 Å². The molecule has 0 unspecified atom stereocenters. The predicted molar refractivity (Wildman–Crippen MR) is 56.7 cm³/mol. The van der Waals surface area contributed by atoms with E-state index in [1.165, 1.54) is 14.0 Å². The summed E-state index contributed by atoms with van der Waals surface area (Å²) in [6, 6.07) is 0. The summed E-state index contributed by atoms with van der Waals surface area (Å²) in [6.07, 6.45) is -7.24. The molecule has 1 fully saturated rings. The van der Waals surface area contributed by atoms with E-state index in [0.717, 1.165) is 0 Å². The molecule has 0 aliphatic carbocycles. The van der Waals surface area contributed by atoms with Crippen LogP contribution >= 0.6 is 0 Å². The fraction of sp³-hybridized carbons (Fsp3) is 0.900. The van der Waals surface area contributed by atoms with Crippen LogP contribution in [0.5, 0.6) is 0 Å². The molecule has 1 aliphatic rings. The first kappa shape index (κ1) is 15.3. The zero-order valence-electron chi connectivity index (χ0n) is 10.1. The molecule has 0 aromatic carbocycles. The van der Waals surface area contributed by atoms with Crippen LogP contribution < -0.4 is 0 Å². The van der Waals surface area contributed by atoms with Gasteiger partial charge in [-0.25, -0.2) is 4.79 Å². The number of carbonyl (C=O) groups is 1. The third-order valence-electron chi connectivity index (χ3n) is 2.76. The van der Waals surface area contributed by atoms with E-state index in [1.54, 1.807) is 0 Å². The van der Waals surface area contributed by atoms with Crippen LogP contribution in [0.1, 0.15) is 6.92 Å². The Bertz CT molecular complexity index is 267. The van der Waals surface area contributed by atoms with Crippen molar-refractivity contribution in [3.8, 4) is 0 Å². The number of aliphatic carboxylic acids is 1. The molecular formula is C10H18O8. The van der Waals surface area contributed by atoms with Gasteiger partial charge in [-0.15, -0.1) is 0 Å². The highest BCUT2D eigenvalue weighted by Gasteiger charge is 2.46. The summed E-state index contributed by atoms with van der Waals surface area (Å²) in [7, 11) is 1.28. The zero-order valence-corrected chi connectivity index (χ0v) is 10.1. The minimum atomic E-state index is -1.35. The normalized spacial score (nSPS) is 38.4. The van der Waals surface area contributed by atoms with Gasteiger partial charge in [-0.05, 0) is 6.92 Å². The average molecular weight is 266 g/mol. The Hall–Kier alpha value is -0.770. The predicted octanol–water partition coefficient (Wildman–Crippen LogP) is -2.07. The van der Waals surface area contributed by atoms with Crippen LogP contribution in [-0.2, 0) is 19.0 Å². The Labute approximate surface area is 104 Å². The second kappa shape index (κ2) is 6.41. The molecule has 1 saturated heterocycles. The summed E-state index contributed by atoms with van der Waals surface area (Å²) < 4.78 is 15.0. The molecule has 18 heavy (non-hydrogen) atoms. The van der Waals surface area contributed by atoms with Crippen LogP contribution in [0.15, 0.2) is 0 Å². The van der Waals surface area contributed by atoms with Gasteiger partial charge in [0.15, 0.2) is 12.4 Å². The summed E-state index contributed by atoms with van der Waals surface area (Å²) in [5, 5.41) is 37.4. The topological polar surface area (TPSA) is 126 Å². The number of carboxylic acid groups (broad SMARTS) is 1. The molecule has 0 amide bonds. The molecule has 4 N–H and O–H groups in total. The van der Waals surface area contributed by atoms with Gasteiger partial charge in [0.2, 0.25) is 0 Å². The van der Waals surface area contributed by atoms with Crippen molar-refractivity contribution in [3.05, 3.63) is 0 Å². The van der Waals surface area contributed by atoms with Gasteiger partial charge in [-0.2, -0.15) is 0 Å². The molecule has 6 atom stereocenters. The Morgan fingerprint density at radius 3 is 2.44 bits per heavy atom. The van der Waals surface area contributed by atoms with Crippen molar-refractivity contribution in [2.75, 3.05) is 13.7 Å². The average Bonchev–Trinajstić information content (AvgIpc) is 2.34. The molecule has 8 heteroatoms. The first-order chi connectivity index (χ1) is 8.42. The lowest BCUT2D eigenvalue weighted by atomic mass is 9.99. The van der Waals surface area contributed by atoms with E-state index < -0.39 is 49.4 Å². The third-order valence-corrected chi connectivity index (χ3v) is 2.76. The van der Waals surface area contributed by atoms with Gasteiger partial charge in [-0.1, -0.05) is 0 Å². The lowest BCUT2D eigenvalue weighted by Gasteiger charge is -2.41. The SMILES string of the molecule is CO[C@H]1O[C@H](CO)[C@@H](O)[C@H](O[C@@H](C)C(=O)O)[C@@H]1O. The molecular weight excluding hydrogens is 248 g/mol. The van der Waals surface area contributed by atoms with E-state index in [0.29, 0.717) is 0 Å². The van der Waals surface area contributed by atoms with Gasteiger partial charge in [-0.3, -0.25) is 0 Å². The third kappa shape index (κ3) is 3.16. The van der Waals surface area contributed by atoms with Crippen molar-refractivity contribution in [1.82, 2.24) is 0 Å². The van der Waals surface area contributed by atoms with Crippen LogP contribution in [0.3, 0.4) is 0 Å². The Morgan fingerprint density at radius 1 is 1.39 bits per heavy atom. The lowest BCUT2D eigenvalue weighted by molar-refractivity contribution is -0.305. The summed E-state index contributed by atoms with van der Waals surface area (Å²) >= 11 is 0. The monoisotopic (exact) mass is 266 g/mol. The molecule has 1 heterocycles. The summed E-state index contributed by atoms with van der Waals surface area (Å²) in [5.74, 6) is -1.23. The van der Waals surface area contributed by atoms with Crippen LogP contribution in [0.2, 0.25) is 0 Å². The smallest absolute Gasteiger partial charge is 0.332 e. The van der Waals surface area contributed by atoms with Crippen LogP contribution in [0.4, 0.5) is 0 Å². The Kier molecular flexibility index (Phi) is 5.45. The van der Waals surface area contributed by atoms with Crippen molar-refractivity contribution in [2.45, 2.75) is 43.7 Å². The maximum Gasteiger partial charge on any atom is 0.332 e. The summed E-state index contributed by atoms with van der Waals surface area (Å²) in [4.78, 5) is 10.7. The van der Waals surface area contributed by atoms with Crippen molar-refractivity contribution in [3.63, 3.8) is 0 Å². The van der Waals surface area contributed by atoms with E-state index in [9.17, 15) is 15.0 Å². The maximum absolute atomic E-state index is 10.7. The lowest BCUT2D eigenvalue weighted by Crippen LogP contribution is -2.60. The number of aliphatic hydroxyl groups excluding tert-OH is 3. The summed E-state index contributed by atoms with van der Waals surface area (Å²) in [5.41, 5.74) is 0. The highest BCUT2D eigenvalue weighted by molar-refractivity contribution is 5.71. The zero-order chi connectivity index (χ0) is 13.9. The van der Waals surface area contributed by atoms with Crippen LogP contribution in [0.25, 0.3) is 0 Å². The minimum absolute atomic E-state index is 0.505. The fourth-order valence-corrected chi connectivity index (χ4v) is 1.70. The molecule has 106 valence electrons. The van der Waals surface area contributed by atoms with Gasteiger partial charge >= 0.3 is 5.97 Å². The second-order valence-electron chi connectivity index (χ2n) is 4.02. The number of rotatable bonds is 5. The highest BCUT2D eigenvalue weighted by Crippen LogP contribution is 2.24. The fourth-order valence-electron chi connectivity index (χ4n) is 1.70. The standard InChI is InChI=1S/C10H18O8/c1-4(9(14)15)17-8-6(12)5(3-11)18-10(16-2)7(8)13/h4-8,10-13H,3H2,1-2H3,(H,14,15)/t4-,5+,6+,7-,8-,10-/m0/s1. The van der Waals surface area contributed by atoms with E-state index >= 15 is 0 Å². The van der Waals surface area contributed by atoms with Crippen molar-refractivity contribution in [2.24, 2.45) is 0 Å². The molecule has 8 nitrogen and oxygen atoms in total. The summed E-state index contributed by atoms with van der Waals surface area (Å²) in [6.45, 7) is 0.766. The molecule has 0 bridgehead atoms. The van der Waals surface area contributed by atoms with Gasteiger partial charge in [0.25, 0.3) is 0 Å². The number of hydrogen-bond acceptors (Lipinski definition) is 7. The van der Waals surface area contributed by atoms with E-state index in [-0.39, 0.29) is 0 Å². The minimum Gasteiger partial charge on any atom is -0.479 e. The van der Waals surface area contributed by atoms with Gasteiger partial charge in [0.1, 0.15) is 24.4 Å². The molecule has 0 radical (unpaired) electrons. The largest absolute Gasteiger partial charge is 0.479 e. The number of hydrogen-bond donors (Lipinski definition) is 4. The molecule has 0 spiro atoms. The molecule has 0 saturated carbocycles. The van der Waals surface area contributed by atoms with Gasteiger partial charge in [0, 0.05) is 7.11 Å².